The SMILES string of the molecule is CC(C)C1CCC(N)C(N(C)C2CCN(C)CC2)C1. The van der Waals surface area contributed by atoms with Crippen LogP contribution in [0.2, 0.25) is 0 Å². The van der Waals surface area contributed by atoms with Gasteiger partial charge >= 0.3 is 0 Å². The van der Waals surface area contributed by atoms with Gasteiger partial charge in [-0.2, -0.15) is 0 Å². The maximum atomic E-state index is 6.42. The van der Waals surface area contributed by atoms with Crippen LogP contribution >= 0.6 is 0 Å². The first-order chi connectivity index (χ1) is 8.99. The highest BCUT2D eigenvalue weighted by Gasteiger charge is 2.35. The molecule has 3 unspecified atom stereocenters. The van der Waals surface area contributed by atoms with Gasteiger partial charge in [-0.05, 0) is 71.1 Å². The molecule has 1 aliphatic heterocycles. The Bertz CT molecular complexity index is 271. The van der Waals surface area contributed by atoms with Crippen molar-refractivity contribution in [3.63, 3.8) is 0 Å². The molecule has 2 N–H and O–H groups in total. The van der Waals surface area contributed by atoms with Crippen LogP contribution in [0.25, 0.3) is 0 Å². The summed E-state index contributed by atoms with van der Waals surface area (Å²) in [6.07, 6.45) is 6.47. The predicted molar refractivity (Wildman–Crippen MR) is 82.2 cm³/mol. The Hall–Kier alpha value is -0.120. The second-order valence-corrected chi connectivity index (χ2v) is 7.25. The summed E-state index contributed by atoms with van der Waals surface area (Å²) in [6.45, 7) is 7.22. The lowest BCUT2D eigenvalue weighted by atomic mass is 9.76. The van der Waals surface area contributed by atoms with Crippen LogP contribution in [0.1, 0.15) is 46.0 Å². The average Bonchev–Trinajstić information content (AvgIpc) is 2.39. The normalized spacial score (nSPS) is 35.2. The molecule has 112 valence electrons. The smallest absolute Gasteiger partial charge is 0.0249 e. The number of hydrogen-bond donors (Lipinski definition) is 1. The van der Waals surface area contributed by atoms with E-state index in [0.29, 0.717) is 12.1 Å². The molecule has 1 aliphatic carbocycles. The Kier molecular flexibility index (Phi) is 5.27. The van der Waals surface area contributed by atoms with E-state index in [1.807, 2.05) is 0 Å². The van der Waals surface area contributed by atoms with Crippen LogP contribution in [0.3, 0.4) is 0 Å². The molecule has 0 aromatic rings. The molecule has 0 aromatic carbocycles. The molecular weight excluding hydrogens is 234 g/mol. The van der Waals surface area contributed by atoms with Gasteiger partial charge in [0.15, 0.2) is 0 Å². The van der Waals surface area contributed by atoms with Crippen molar-refractivity contribution in [2.24, 2.45) is 17.6 Å². The van der Waals surface area contributed by atoms with E-state index in [1.54, 1.807) is 0 Å². The van der Waals surface area contributed by atoms with Gasteiger partial charge in [0.05, 0.1) is 0 Å². The van der Waals surface area contributed by atoms with E-state index in [1.165, 1.54) is 45.2 Å². The zero-order valence-corrected chi connectivity index (χ0v) is 13.3. The van der Waals surface area contributed by atoms with Crippen molar-refractivity contribution in [2.75, 3.05) is 27.2 Å². The lowest BCUT2D eigenvalue weighted by Gasteiger charge is -2.45. The maximum Gasteiger partial charge on any atom is 0.0249 e. The Morgan fingerprint density at radius 2 is 1.74 bits per heavy atom. The minimum absolute atomic E-state index is 0.389. The van der Waals surface area contributed by atoms with Crippen LogP contribution in [0.4, 0.5) is 0 Å². The molecule has 3 atom stereocenters. The van der Waals surface area contributed by atoms with Gasteiger partial charge in [-0.25, -0.2) is 0 Å². The maximum absolute atomic E-state index is 6.42. The van der Waals surface area contributed by atoms with Gasteiger partial charge in [-0.15, -0.1) is 0 Å². The van der Waals surface area contributed by atoms with E-state index >= 15 is 0 Å². The monoisotopic (exact) mass is 267 g/mol. The molecule has 0 bridgehead atoms. The number of likely N-dealkylation sites (N-methyl/N-ethyl adjacent to an activating group) is 1. The summed E-state index contributed by atoms with van der Waals surface area (Å²) in [6, 6.07) is 1.74. The number of nitrogens with zero attached hydrogens (tertiary/aromatic N) is 2. The topological polar surface area (TPSA) is 32.5 Å². The first kappa shape index (κ1) is 15.3. The summed E-state index contributed by atoms with van der Waals surface area (Å²) in [5.41, 5.74) is 6.42. The fraction of sp³-hybridized carbons (Fsp3) is 1.00. The summed E-state index contributed by atoms with van der Waals surface area (Å²) < 4.78 is 0. The van der Waals surface area contributed by atoms with Crippen LogP contribution < -0.4 is 5.73 Å². The van der Waals surface area contributed by atoms with Gasteiger partial charge in [0, 0.05) is 18.1 Å². The van der Waals surface area contributed by atoms with Crippen molar-refractivity contribution in [3.05, 3.63) is 0 Å². The summed E-state index contributed by atoms with van der Waals surface area (Å²) in [5, 5.41) is 0. The lowest BCUT2D eigenvalue weighted by Crippen LogP contribution is -2.55. The Balaban J connectivity index is 1.94. The standard InChI is InChI=1S/C16H33N3/c1-12(2)13-5-6-15(17)16(11-13)19(4)14-7-9-18(3)10-8-14/h12-16H,5-11,17H2,1-4H3. The van der Waals surface area contributed by atoms with E-state index in [0.717, 1.165) is 17.9 Å². The third-order valence-electron chi connectivity index (χ3n) is 5.64. The molecule has 3 nitrogen and oxygen atoms in total. The fourth-order valence-corrected chi connectivity index (χ4v) is 3.95. The fourth-order valence-electron chi connectivity index (χ4n) is 3.95. The summed E-state index contributed by atoms with van der Waals surface area (Å²) >= 11 is 0. The number of rotatable bonds is 3. The first-order valence-corrected chi connectivity index (χ1v) is 8.15. The highest BCUT2D eigenvalue weighted by atomic mass is 15.2. The Morgan fingerprint density at radius 1 is 1.11 bits per heavy atom. The van der Waals surface area contributed by atoms with E-state index in [2.05, 4.69) is 37.7 Å². The number of nitrogens with two attached hydrogens (primary N) is 1. The van der Waals surface area contributed by atoms with E-state index in [4.69, 9.17) is 5.73 Å². The van der Waals surface area contributed by atoms with Crippen LogP contribution in [-0.4, -0.2) is 55.1 Å². The highest BCUT2D eigenvalue weighted by molar-refractivity contribution is 4.92. The van der Waals surface area contributed by atoms with Crippen molar-refractivity contribution in [3.8, 4) is 0 Å². The van der Waals surface area contributed by atoms with Crippen molar-refractivity contribution >= 4 is 0 Å². The quantitative estimate of drug-likeness (QED) is 0.850. The zero-order valence-electron chi connectivity index (χ0n) is 13.3. The van der Waals surface area contributed by atoms with Crippen LogP contribution in [-0.2, 0) is 0 Å². The molecule has 3 heteroatoms. The molecule has 2 rings (SSSR count). The van der Waals surface area contributed by atoms with Gasteiger partial charge in [-0.1, -0.05) is 13.8 Å². The third kappa shape index (κ3) is 3.71. The minimum Gasteiger partial charge on any atom is -0.326 e. The van der Waals surface area contributed by atoms with Gasteiger partial charge in [0.25, 0.3) is 0 Å². The van der Waals surface area contributed by atoms with E-state index in [9.17, 15) is 0 Å². The van der Waals surface area contributed by atoms with Gasteiger partial charge in [-0.3, -0.25) is 4.90 Å². The zero-order chi connectivity index (χ0) is 14.0. The molecule has 0 aromatic heterocycles. The molecule has 1 saturated carbocycles. The molecule has 0 radical (unpaired) electrons. The van der Waals surface area contributed by atoms with Gasteiger partial charge < -0.3 is 10.6 Å². The highest BCUT2D eigenvalue weighted by Crippen LogP contribution is 2.33. The number of likely N-dealkylation sites (tertiary alicyclic amines) is 1. The van der Waals surface area contributed by atoms with Crippen molar-refractivity contribution < 1.29 is 0 Å². The lowest BCUT2D eigenvalue weighted by molar-refractivity contribution is 0.0557. The van der Waals surface area contributed by atoms with Crippen molar-refractivity contribution in [1.29, 1.82) is 0 Å². The third-order valence-corrected chi connectivity index (χ3v) is 5.64. The summed E-state index contributed by atoms with van der Waals surface area (Å²) in [4.78, 5) is 5.08. The first-order valence-electron chi connectivity index (χ1n) is 8.15. The second kappa shape index (κ2) is 6.55. The van der Waals surface area contributed by atoms with Crippen LogP contribution in [0.5, 0.6) is 0 Å². The van der Waals surface area contributed by atoms with Crippen LogP contribution in [0.15, 0.2) is 0 Å². The second-order valence-electron chi connectivity index (χ2n) is 7.25. The van der Waals surface area contributed by atoms with E-state index < -0.39 is 0 Å². The van der Waals surface area contributed by atoms with Gasteiger partial charge in [0.1, 0.15) is 0 Å². The molecular formula is C16H33N3. The summed E-state index contributed by atoms with van der Waals surface area (Å²) in [7, 11) is 4.56. The number of hydrogen-bond acceptors (Lipinski definition) is 3. The van der Waals surface area contributed by atoms with Crippen molar-refractivity contribution in [1.82, 2.24) is 9.80 Å². The Morgan fingerprint density at radius 3 is 2.32 bits per heavy atom. The van der Waals surface area contributed by atoms with Crippen molar-refractivity contribution in [2.45, 2.75) is 64.1 Å². The molecule has 19 heavy (non-hydrogen) atoms. The molecule has 0 amide bonds. The van der Waals surface area contributed by atoms with Gasteiger partial charge in [0.2, 0.25) is 0 Å². The molecule has 2 fully saturated rings. The molecule has 1 heterocycles. The molecule has 2 aliphatic rings. The molecule has 0 spiro atoms. The largest absolute Gasteiger partial charge is 0.326 e. The number of piperidine rings is 1. The van der Waals surface area contributed by atoms with Crippen LogP contribution in [0, 0.1) is 11.8 Å². The molecule has 1 saturated heterocycles. The van der Waals surface area contributed by atoms with E-state index in [-0.39, 0.29) is 0 Å². The average molecular weight is 267 g/mol. The minimum atomic E-state index is 0.389. The summed E-state index contributed by atoms with van der Waals surface area (Å²) in [5.74, 6) is 1.68. The predicted octanol–water partition coefficient (Wildman–Crippen LogP) is 2.16. The Labute approximate surface area is 119 Å².